The number of nitrogen functional groups attached to an aromatic ring is 1. The van der Waals surface area contributed by atoms with E-state index in [1.54, 1.807) is 12.1 Å². The first-order chi connectivity index (χ1) is 12.5. The monoisotopic (exact) mass is 483 g/mol. The summed E-state index contributed by atoms with van der Waals surface area (Å²) in [5.74, 6) is 0.460. The topological polar surface area (TPSA) is 109 Å². The number of nitrogens with two attached hydrogens (primary N) is 2. The van der Waals surface area contributed by atoms with Crippen molar-refractivity contribution < 1.29 is 4.39 Å². The number of aromatic nitrogens is 2. The van der Waals surface area contributed by atoms with Crippen LogP contribution in [0, 0.1) is 17.1 Å². The summed E-state index contributed by atoms with van der Waals surface area (Å²) in [6, 6.07) is 8.43. The number of guanidine groups is 1. The lowest BCUT2D eigenvalue weighted by atomic mass is 10.1. The third kappa shape index (κ3) is 4.88. The van der Waals surface area contributed by atoms with Crippen LogP contribution in [0.5, 0.6) is 0 Å². The number of halogens is 2. The summed E-state index contributed by atoms with van der Waals surface area (Å²) in [5.41, 5.74) is 13.6. The number of nitrogens with zero attached hydrogens (tertiary/aromatic N) is 5. The highest BCUT2D eigenvalue weighted by molar-refractivity contribution is 14.0. The van der Waals surface area contributed by atoms with Crippen LogP contribution in [0.2, 0.25) is 0 Å². The Balaban J connectivity index is 0.00000261. The van der Waals surface area contributed by atoms with E-state index in [1.807, 2.05) is 11.9 Å². The molecule has 7 nitrogen and oxygen atoms in total. The number of rotatable bonds is 6. The Morgan fingerprint density at radius 3 is 2.67 bits per heavy atom. The van der Waals surface area contributed by atoms with Crippen LogP contribution in [0.15, 0.2) is 29.3 Å². The van der Waals surface area contributed by atoms with E-state index in [1.165, 1.54) is 29.7 Å². The van der Waals surface area contributed by atoms with Crippen LogP contribution in [-0.4, -0.2) is 40.3 Å². The van der Waals surface area contributed by atoms with Gasteiger partial charge in [0.05, 0.1) is 11.4 Å². The van der Waals surface area contributed by atoms with Crippen LogP contribution in [0.3, 0.4) is 0 Å². The quantitative estimate of drug-likeness (QED) is 0.284. The number of aliphatic imine (C=N–C) groups is 1. The zero-order chi connectivity index (χ0) is 18.7. The molecule has 1 aliphatic carbocycles. The predicted octanol–water partition coefficient (Wildman–Crippen LogP) is 2.42. The van der Waals surface area contributed by atoms with Gasteiger partial charge in [-0.1, -0.05) is 0 Å². The maximum atomic E-state index is 13.1. The van der Waals surface area contributed by atoms with Crippen LogP contribution < -0.4 is 11.5 Å². The summed E-state index contributed by atoms with van der Waals surface area (Å²) < 4.78 is 14.6. The molecule has 0 bridgehead atoms. The van der Waals surface area contributed by atoms with E-state index >= 15 is 0 Å². The Kier molecular flexibility index (Phi) is 7.01. The van der Waals surface area contributed by atoms with Crippen molar-refractivity contribution in [2.45, 2.75) is 31.7 Å². The lowest BCUT2D eigenvalue weighted by molar-refractivity contribution is 0.487. The Morgan fingerprint density at radius 1 is 1.41 bits per heavy atom. The number of anilines is 1. The normalized spacial score (nSPS) is 13.7. The molecule has 0 amide bonds. The van der Waals surface area contributed by atoms with Crippen LogP contribution in [-0.2, 0) is 6.42 Å². The highest BCUT2D eigenvalue weighted by atomic mass is 127. The summed E-state index contributed by atoms with van der Waals surface area (Å²) in [6.45, 7) is 0.553. The van der Waals surface area contributed by atoms with Gasteiger partial charge in [-0.15, -0.1) is 24.0 Å². The molecule has 0 saturated heterocycles. The van der Waals surface area contributed by atoms with E-state index in [-0.39, 0.29) is 35.6 Å². The number of nitriles is 1. The first-order valence-electron chi connectivity index (χ1n) is 8.57. The van der Waals surface area contributed by atoms with E-state index < -0.39 is 0 Å². The third-order valence-electron chi connectivity index (χ3n) is 4.48. The molecule has 0 unspecified atom stereocenters. The number of aryl methyl sites for hydroxylation is 1. The first kappa shape index (κ1) is 21.0. The lowest BCUT2D eigenvalue weighted by Crippen LogP contribution is -2.35. The molecule has 0 aliphatic heterocycles. The minimum atomic E-state index is -0.341. The van der Waals surface area contributed by atoms with Crippen LogP contribution in [0.4, 0.5) is 10.2 Å². The minimum absolute atomic E-state index is 0. The molecule has 0 radical (unpaired) electrons. The van der Waals surface area contributed by atoms with Gasteiger partial charge >= 0.3 is 0 Å². The van der Waals surface area contributed by atoms with Crippen molar-refractivity contribution >= 4 is 35.8 Å². The summed E-state index contributed by atoms with van der Waals surface area (Å²) in [7, 11) is 1.95. The van der Waals surface area contributed by atoms with E-state index in [2.05, 4.69) is 16.2 Å². The molecule has 0 atom stereocenters. The molecular weight excluding hydrogens is 460 g/mol. The fraction of sp³-hybridized carbons (Fsp3) is 0.389. The largest absolute Gasteiger partial charge is 0.382 e. The minimum Gasteiger partial charge on any atom is -0.382 e. The molecule has 1 fully saturated rings. The second-order valence-electron chi connectivity index (χ2n) is 6.39. The number of benzene rings is 1. The molecule has 0 spiro atoms. The molecule has 4 N–H and O–H groups in total. The van der Waals surface area contributed by atoms with Gasteiger partial charge in [0.25, 0.3) is 0 Å². The average Bonchev–Trinajstić information content (AvgIpc) is 3.43. The highest BCUT2D eigenvalue weighted by Crippen LogP contribution is 2.25. The predicted molar refractivity (Wildman–Crippen MR) is 114 cm³/mol. The number of hydrogen-bond acceptors (Lipinski definition) is 4. The zero-order valence-electron chi connectivity index (χ0n) is 15.1. The molecule has 1 aromatic carbocycles. The van der Waals surface area contributed by atoms with Gasteiger partial charge in [-0.2, -0.15) is 10.4 Å². The molecule has 2 aromatic rings. The van der Waals surface area contributed by atoms with Crippen molar-refractivity contribution in [3.05, 3.63) is 41.3 Å². The summed E-state index contributed by atoms with van der Waals surface area (Å²) in [5, 5.41) is 13.8. The van der Waals surface area contributed by atoms with E-state index in [0.29, 0.717) is 48.3 Å². The second kappa shape index (κ2) is 9.03. The Hall–Kier alpha value is -2.35. The van der Waals surface area contributed by atoms with Gasteiger partial charge in [-0.25, -0.2) is 9.07 Å². The SMILES string of the molecule is CN(C(N)=NCCCc1nn(-c2ccc(F)cc2)c(N)c1C#N)C1CC1.I. The van der Waals surface area contributed by atoms with E-state index in [9.17, 15) is 9.65 Å². The van der Waals surface area contributed by atoms with Crippen LogP contribution in [0.25, 0.3) is 5.69 Å². The fourth-order valence-corrected chi connectivity index (χ4v) is 2.75. The molecule has 1 aliphatic rings. The molecule has 144 valence electrons. The Bertz CT molecular complexity index is 850. The lowest BCUT2D eigenvalue weighted by Gasteiger charge is -2.16. The van der Waals surface area contributed by atoms with Crippen molar-refractivity contribution in [2.24, 2.45) is 10.7 Å². The number of hydrogen-bond donors (Lipinski definition) is 2. The summed E-state index contributed by atoms with van der Waals surface area (Å²) in [6.07, 6.45) is 3.59. The molecule has 1 heterocycles. The maximum absolute atomic E-state index is 13.1. The van der Waals surface area contributed by atoms with Gasteiger partial charge in [0, 0.05) is 19.6 Å². The van der Waals surface area contributed by atoms with Crippen molar-refractivity contribution in [2.75, 3.05) is 19.3 Å². The van der Waals surface area contributed by atoms with Crippen LogP contribution in [0.1, 0.15) is 30.5 Å². The van der Waals surface area contributed by atoms with Gasteiger partial charge in [-0.3, -0.25) is 4.99 Å². The molecular formula is C18H23FIN7. The van der Waals surface area contributed by atoms with Crippen molar-refractivity contribution in [1.29, 1.82) is 5.26 Å². The summed E-state index contributed by atoms with van der Waals surface area (Å²) >= 11 is 0. The first-order valence-corrected chi connectivity index (χ1v) is 8.57. The maximum Gasteiger partial charge on any atom is 0.191 e. The van der Waals surface area contributed by atoms with Gasteiger partial charge in [0.15, 0.2) is 5.96 Å². The van der Waals surface area contributed by atoms with Crippen molar-refractivity contribution in [1.82, 2.24) is 14.7 Å². The van der Waals surface area contributed by atoms with Crippen molar-refractivity contribution in [3.8, 4) is 11.8 Å². The van der Waals surface area contributed by atoms with Gasteiger partial charge < -0.3 is 16.4 Å². The molecule has 9 heteroatoms. The standard InChI is InChI=1S/C18H22FN7.HI/c1-25(13-8-9-13)18(22)23-10-2-3-16-15(11-20)17(21)26(24-16)14-6-4-12(19)5-7-14;/h4-7,13H,2-3,8-10,21H2,1H3,(H2,22,23);1H. The smallest absolute Gasteiger partial charge is 0.191 e. The molecule has 1 aromatic heterocycles. The summed E-state index contributed by atoms with van der Waals surface area (Å²) in [4.78, 5) is 6.38. The third-order valence-corrected chi connectivity index (χ3v) is 4.48. The van der Waals surface area contributed by atoms with E-state index in [0.717, 1.165) is 0 Å². The van der Waals surface area contributed by atoms with Crippen LogP contribution >= 0.6 is 24.0 Å². The highest BCUT2D eigenvalue weighted by Gasteiger charge is 2.27. The zero-order valence-corrected chi connectivity index (χ0v) is 17.4. The second-order valence-corrected chi connectivity index (χ2v) is 6.39. The fourth-order valence-electron chi connectivity index (χ4n) is 2.75. The van der Waals surface area contributed by atoms with Crippen molar-refractivity contribution in [3.63, 3.8) is 0 Å². The Labute approximate surface area is 174 Å². The average molecular weight is 483 g/mol. The van der Waals surface area contributed by atoms with Gasteiger partial charge in [-0.05, 0) is 49.9 Å². The van der Waals surface area contributed by atoms with Gasteiger partial charge in [0.1, 0.15) is 23.3 Å². The Morgan fingerprint density at radius 2 is 2.07 bits per heavy atom. The molecule has 27 heavy (non-hydrogen) atoms. The van der Waals surface area contributed by atoms with Gasteiger partial charge in [0.2, 0.25) is 0 Å². The molecule has 1 saturated carbocycles. The molecule has 3 rings (SSSR count). The van der Waals surface area contributed by atoms with E-state index in [4.69, 9.17) is 11.5 Å².